The van der Waals surface area contributed by atoms with Crippen molar-refractivity contribution in [3.05, 3.63) is 74.8 Å². The van der Waals surface area contributed by atoms with Crippen LogP contribution in [0.4, 0.5) is 0 Å². The number of hydrogen-bond donors (Lipinski definition) is 1. The molecule has 0 aliphatic rings. The summed E-state index contributed by atoms with van der Waals surface area (Å²) < 4.78 is 6.45. The summed E-state index contributed by atoms with van der Waals surface area (Å²) in [5.41, 5.74) is 2.24. The van der Waals surface area contributed by atoms with Crippen LogP contribution in [0.1, 0.15) is 21.7 Å². The van der Waals surface area contributed by atoms with E-state index in [1.807, 2.05) is 18.2 Å². The van der Waals surface area contributed by atoms with Crippen LogP contribution >= 0.6 is 34.5 Å². The molecule has 0 spiro atoms. The molecule has 0 fully saturated rings. The highest BCUT2D eigenvalue weighted by molar-refractivity contribution is 7.17. The molecule has 0 saturated carbocycles. The second-order valence-electron chi connectivity index (χ2n) is 6.00. The number of hydrogen-bond acceptors (Lipinski definition) is 4. The lowest BCUT2D eigenvalue weighted by molar-refractivity contribution is 0.0950. The fourth-order valence-corrected chi connectivity index (χ4v) is 4.51. The Morgan fingerprint density at radius 3 is 2.67 bits per heavy atom. The quantitative estimate of drug-likeness (QED) is 0.437. The van der Waals surface area contributed by atoms with E-state index in [1.165, 1.54) is 4.70 Å². The van der Waals surface area contributed by atoms with Crippen molar-refractivity contribution in [2.45, 2.75) is 13.5 Å². The summed E-state index contributed by atoms with van der Waals surface area (Å²) in [5, 5.41) is 11.0. The topological polar surface area (TPSA) is 55.1 Å². The number of benzene rings is 2. The molecule has 0 aliphatic heterocycles. The fourth-order valence-electron chi connectivity index (χ4n) is 2.97. The summed E-state index contributed by atoms with van der Waals surface area (Å²) in [7, 11) is 0. The highest BCUT2D eigenvalue weighted by Crippen LogP contribution is 2.36. The fraction of sp³-hybridized carbons (Fsp3) is 0.100. The first-order valence-electron chi connectivity index (χ1n) is 8.20. The average Bonchev–Trinajstić information content (AvgIpc) is 3.23. The van der Waals surface area contributed by atoms with E-state index < -0.39 is 0 Å². The minimum absolute atomic E-state index is 0.282. The third-order valence-electron chi connectivity index (χ3n) is 4.29. The van der Waals surface area contributed by atoms with Gasteiger partial charge < -0.3 is 9.84 Å². The van der Waals surface area contributed by atoms with E-state index in [0.717, 1.165) is 10.9 Å². The molecule has 0 bridgehead atoms. The van der Waals surface area contributed by atoms with Crippen molar-refractivity contribution in [1.82, 2.24) is 10.5 Å². The summed E-state index contributed by atoms with van der Waals surface area (Å²) in [5.74, 6) is 0.128. The molecule has 0 radical (unpaired) electrons. The first kappa shape index (κ1) is 18.0. The SMILES string of the molecule is Cc1onc(-c2c(Cl)cccc2Cl)c1C(=O)NCc1csc2ccccc12. The van der Waals surface area contributed by atoms with E-state index in [9.17, 15) is 4.79 Å². The maximum atomic E-state index is 12.9. The Labute approximate surface area is 169 Å². The molecule has 4 nitrogen and oxygen atoms in total. The molecule has 1 N–H and O–H groups in total. The number of rotatable bonds is 4. The van der Waals surface area contributed by atoms with Gasteiger partial charge in [0.15, 0.2) is 0 Å². The van der Waals surface area contributed by atoms with E-state index in [0.29, 0.717) is 39.2 Å². The van der Waals surface area contributed by atoms with Gasteiger partial charge in [0.2, 0.25) is 0 Å². The monoisotopic (exact) mass is 416 g/mol. The molecule has 1 amide bonds. The number of nitrogens with zero attached hydrogens (tertiary/aromatic N) is 1. The summed E-state index contributed by atoms with van der Waals surface area (Å²) in [4.78, 5) is 12.9. The lowest BCUT2D eigenvalue weighted by Crippen LogP contribution is -2.23. The molecule has 136 valence electrons. The minimum atomic E-state index is -0.282. The largest absolute Gasteiger partial charge is 0.360 e. The summed E-state index contributed by atoms with van der Waals surface area (Å²) in [6, 6.07) is 13.2. The van der Waals surface area contributed by atoms with Gasteiger partial charge in [0.25, 0.3) is 5.91 Å². The maximum absolute atomic E-state index is 12.9. The van der Waals surface area contributed by atoms with Crippen molar-refractivity contribution >= 4 is 50.5 Å². The average molecular weight is 417 g/mol. The Morgan fingerprint density at radius 2 is 1.89 bits per heavy atom. The number of aryl methyl sites for hydroxylation is 1. The number of nitrogens with one attached hydrogen (secondary N) is 1. The van der Waals surface area contributed by atoms with Crippen molar-refractivity contribution < 1.29 is 9.32 Å². The van der Waals surface area contributed by atoms with Crippen LogP contribution in [-0.2, 0) is 6.54 Å². The number of aromatic nitrogens is 1. The van der Waals surface area contributed by atoms with Crippen LogP contribution in [0.2, 0.25) is 10.0 Å². The summed E-state index contributed by atoms with van der Waals surface area (Å²) >= 11 is 14.2. The Balaban J connectivity index is 1.64. The molecule has 2 heterocycles. The van der Waals surface area contributed by atoms with E-state index in [1.54, 1.807) is 36.5 Å². The van der Waals surface area contributed by atoms with Gasteiger partial charge in [0, 0.05) is 16.8 Å². The van der Waals surface area contributed by atoms with Crippen molar-refractivity contribution in [1.29, 1.82) is 0 Å². The van der Waals surface area contributed by atoms with Gasteiger partial charge in [-0.2, -0.15) is 0 Å². The van der Waals surface area contributed by atoms with Crippen molar-refractivity contribution in [3.63, 3.8) is 0 Å². The van der Waals surface area contributed by atoms with Crippen LogP contribution in [0.5, 0.6) is 0 Å². The van der Waals surface area contributed by atoms with Crippen LogP contribution < -0.4 is 5.32 Å². The highest BCUT2D eigenvalue weighted by Gasteiger charge is 2.24. The molecule has 0 unspecified atom stereocenters. The zero-order valence-electron chi connectivity index (χ0n) is 14.3. The Hall–Kier alpha value is -2.34. The number of carbonyl (C=O) groups is 1. The van der Waals surface area contributed by atoms with E-state index in [-0.39, 0.29) is 5.91 Å². The van der Waals surface area contributed by atoms with E-state index >= 15 is 0 Å². The second kappa shape index (κ2) is 7.35. The summed E-state index contributed by atoms with van der Waals surface area (Å²) in [6.45, 7) is 2.10. The van der Waals surface area contributed by atoms with Gasteiger partial charge in [-0.3, -0.25) is 4.79 Å². The second-order valence-corrected chi connectivity index (χ2v) is 7.72. The molecule has 2 aromatic carbocycles. The number of thiophene rings is 1. The van der Waals surface area contributed by atoms with Crippen molar-refractivity contribution in [3.8, 4) is 11.3 Å². The molecule has 0 saturated heterocycles. The van der Waals surface area contributed by atoms with Gasteiger partial charge in [-0.15, -0.1) is 11.3 Å². The first-order chi connectivity index (χ1) is 13.1. The lowest BCUT2D eigenvalue weighted by Gasteiger charge is -2.08. The predicted molar refractivity (Wildman–Crippen MR) is 110 cm³/mol. The van der Waals surface area contributed by atoms with Crippen molar-refractivity contribution in [2.24, 2.45) is 0 Å². The lowest BCUT2D eigenvalue weighted by atomic mass is 10.1. The molecular weight excluding hydrogens is 403 g/mol. The molecule has 4 rings (SSSR count). The molecule has 2 aromatic heterocycles. The smallest absolute Gasteiger partial charge is 0.257 e. The molecular formula is C20H14Cl2N2O2S. The zero-order chi connectivity index (χ0) is 19.0. The van der Waals surface area contributed by atoms with E-state index in [4.69, 9.17) is 27.7 Å². The minimum Gasteiger partial charge on any atom is -0.360 e. The third-order valence-corrected chi connectivity index (χ3v) is 5.93. The molecule has 0 aliphatic carbocycles. The van der Waals surface area contributed by atoms with Crippen LogP contribution in [0.25, 0.3) is 21.3 Å². The first-order valence-corrected chi connectivity index (χ1v) is 9.83. The predicted octanol–water partition coefficient (Wildman–Crippen LogP) is 6.10. The van der Waals surface area contributed by atoms with Gasteiger partial charge >= 0.3 is 0 Å². The molecule has 7 heteroatoms. The standard InChI is InChI=1S/C20H14Cl2N2O2S/c1-11-17(19(24-26-11)18-14(21)6-4-7-15(18)22)20(25)23-9-12-10-27-16-8-3-2-5-13(12)16/h2-8,10H,9H2,1H3,(H,23,25). The van der Waals surface area contributed by atoms with Gasteiger partial charge in [-0.25, -0.2) is 0 Å². The third kappa shape index (κ3) is 3.34. The Bertz CT molecular complexity index is 1130. The highest BCUT2D eigenvalue weighted by atomic mass is 35.5. The number of fused-ring (bicyclic) bond motifs is 1. The Morgan fingerprint density at radius 1 is 1.15 bits per heavy atom. The molecule has 4 aromatic rings. The maximum Gasteiger partial charge on any atom is 0.257 e. The molecule has 27 heavy (non-hydrogen) atoms. The van der Waals surface area contributed by atoms with Crippen molar-refractivity contribution in [2.75, 3.05) is 0 Å². The number of carbonyl (C=O) groups excluding carboxylic acids is 1. The van der Waals surface area contributed by atoms with Crippen LogP contribution in [-0.4, -0.2) is 11.1 Å². The van der Waals surface area contributed by atoms with Crippen LogP contribution in [0, 0.1) is 6.92 Å². The molecule has 0 atom stereocenters. The Kier molecular flexibility index (Phi) is 4.91. The van der Waals surface area contributed by atoms with Crippen LogP contribution in [0.15, 0.2) is 52.4 Å². The summed E-state index contributed by atoms with van der Waals surface area (Å²) in [6.07, 6.45) is 0. The van der Waals surface area contributed by atoms with Gasteiger partial charge in [-0.1, -0.05) is 52.6 Å². The number of amides is 1. The van der Waals surface area contributed by atoms with E-state index in [2.05, 4.69) is 21.9 Å². The normalized spacial score (nSPS) is 11.1. The van der Waals surface area contributed by atoms with Crippen LogP contribution in [0.3, 0.4) is 0 Å². The van der Waals surface area contributed by atoms with Gasteiger partial charge in [-0.05, 0) is 41.5 Å². The van der Waals surface area contributed by atoms with Gasteiger partial charge in [0.05, 0.1) is 10.0 Å². The zero-order valence-corrected chi connectivity index (χ0v) is 16.6. The van der Waals surface area contributed by atoms with Gasteiger partial charge in [0.1, 0.15) is 17.0 Å². The number of halogens is 2.